The van der Waals surface area contributed by atoms with Crippen LogP contribution in [0.3, 0.4) is 0 Å². The molecule has 2 aromatic rings. The van der Waals surface area contributed by atoms with E-state index in [-0.39, 0.29) is 16.8 Å². The number of carbonyl (C=O) groups excluding carboxylic acids is 3. The number of halogens is 1. The number of hydrazine groups is 1. The molecule has 1 N–H and O–H groups in total. The molecule has 0 fully saturated rings. The summed E-state index contributed by atoms with van der Waals surface area (Å²) in [6.45, 7) is 0. The molecule has 0 unspecified atom stereocenters. The smallest absolute Gasteiger partial charge is 0.267 e. The van der Waals surface area contributed by atoms with Gasteiger partial charge in [0.25, 0.3) is 23.4 Å². The number of hydrogen-bond donors (Lipinski definition) is 1. The van der Waals surface area contributed by atoms with Crippen LogP contribution >= 0.6 is 22.6 Å². The van der Waals surface area contributed by atoms with Gasteiger partial charge in [-0.25, -0.2) is 0 Å². The molecule has 3 amide bonds. The van der Waals surface area contributed by atoms with Gasteiger partial charge in [0.2, 0.25) is 0 Å². The van der Waals surface area contributed by atoms with Crippen LogP contribution < -0.4 is 5.43 Å². The minimum Gasteiger partial charge on any atom is -0.267 e. The number of hydrogen-bond acceptors (Lipinski definition) is 5. The molecule has 9 heteroatoms. The Labute approximate surface area is 148 Å². The van der Waals surface area contributed by atoms with Crippen LogP contribution in [-0.2, 0) is 0 Å². The van der Waals surface area contributed by atoms with Gasteiger partial charge >= 0.3 is 0 Å². The monoisotopic (exact) mass is 437 g/mol. The largest absolute Gasteiger partial charge is 0.280 e. The second-order valence-electron chi connectivity index (χ2n) is 4.85. The molecule has 1 heterocycles. The number of nitrogens with one attached hydrogen (secondary N) is 1. The molecular weight excluding hydrogens is 429 g/mol. The number of nitro groups is 1. The van der Waals surface area contributed by atoms with Crippen molar-refractivity contribution in [1.29, 1.82) is 0 Å². The fourth-order valence-electron chi connectivity index (χ4n) is 2.25. The first-order chi connectivity index (χ1) is 11.4. The average molecular weight is 437 g/mol. The number of nitrogens with zero attached hydrogens (tertiary/aromatic N) is 2. The van der Waals surface area contributed by atoms with E-state index in [1.165, 1.54) is 6.07 Å². The van der Waals surface area contributed by atoms with Gasteiger partial charge in [-0.15, -0.1) is 0 Å². The van der Waals surface area contributed by atoms with Crippen molar-refractivity contribution < 1.29 is 19.3 Å². The number of amides is 3. The van der Waals surface area contributed by atoms with E-state index in [1.807, 2.05) is 22.6 Å². The van der Waals surface area contributed by atoms with Crippen LogP contribution in [0.15, 0.2) is 42.5 Å². The first-order valence-electron chi connectivity index (χ1n) is 6.63. The highest BCUT2D eigenvalue weighted by Gasteiger charge is 2.38. The Morgan fingerprint density at radius 2 is 1.75 bits per heavy atom. The Balaban J connectivity index is 1.90. The van der Waals surface area contributed by atoms with Crippen LogP contribution in [0, 0.1) is 13.7 Å². The number of fused-ring (bicyclic) bond motifs is 1. The minimum atomic E-state index is -0.807. The Kier molecular flexibility index (Phi) is 4.01. The third kappa shape index (κ3) is 2.62. The lowest BCUT2D eigenvalue weighted by Crippen LogP contribution is -2.46. The highest BCUT2D eigenvalue weighted by atomic mass is 127. The predicted octanol–water partition coefficient (Wildman–Crippen LogP) is 2.14. The molecule has 3 rings (SSSR count). The molecule has 0 aliphatic carbocycles. The number of imide groups is 1. The Morgan fingerprint density at radius 1 is 1.08 bits per heavy atom. The number of non-ortho nitro benzene ring substituents is 1. The molecule has 8 nitrogen and oxygen atoms in total. The summed E-state index contributed by atoms with van der Waals surface area (Å²) in [5.74, 6) is -2.16. The van der Waals surface area contributed by atoms with Crippen LogP contribution in [0.25, 0.3) is 0 Å². The number of rotatable bonds is 3. The van der Waals surface area contributed by atoms with Crippen molar-refractivity contribution in [3.05, 3.63) is 72.8 Å². The van der Waals surface area contributed by atoms with Gasteiger partial charge in [0, 0.05) is 15.7 Å². The van der Waals surface area contributed by atoms with Gasteiger partial charge in [0.1, 0.15) is 0 Å². The summed E-state index contributed by atoms with van der Waals surface area (Å²) in [5, 5.41) is 11.4. The Hall–Kier alpha value is -2.82. The lowest BCUT2D eigenvalue weighted by atomic mass is 10.1. The molecule has 0 aromatic heterocycles. The van der Waals surface area contributed by atoms with E-state index < -0.39 is 22.6 Å². The lowest BCUT2D eigenvalue weighted by Gasteiger charge is -2.15. The van der Waals surface area contributed by atoms with Crippen molar-refractivity contribution in [1.82, 2.24) is 10.4 Å². The van der Waals surface area contributed by atoms with Crippen LogP contribution in [0.2, 0.25) is 0 Å². The summed E-state index contributed by atoms with van der Waals surface area (Å²) in [4.78, 5) is 47.0. The molecule has 0 saturated carbocycles. The van der Waals surface area contributed by atoms with Gasteiger partial charge in [-0.3, -0.25) is 29.9 Å². The third-order valence-corrected chi connectivity index (χ3v) is 4.35. The summed E-state index contributed by atoms with van der Waals surface area (Å²) in [6, 6.07) is 10.0. The van der Waals surface area contributed by atoms with E-state index in [1.54, 1.807) is 24.3 Å². The highest BCUT2D eigenvalue weighted by Crippen LogP contribution is 2.26. The third-order valence-electron chi connectivity index (χ3n) is 3.41. The van der Waals surface area contributed by atoms with E-state index in [2.05, 4.69) is 5.43 Å². The molecule has 0 atom stereocenters. The zero-order valence-corrected chi connectivity index (χ0v) is 14.0. The van der Waals surface area contributed by atoms with Gasteiger partial charge in [-0.1, -0.05) is 12.1 Å². The molecule has 24 heavy (non-hydrogen) atoms. The van der Waals surface area contributed by atoms with Crippen molar-refractivity contribution in [3.63, 3.8) is 0 Å². The summed E-state index contributed by atoms with van der Waals surface area (Å²) >= 11 is 1.96. The van der Waals surface area contributed by atoms with E-state index >= 15 is 0 Å². The number of carbonyl (C=O) groups is 3. The van der Waals surface area contributed by atoms with E-state index in [0.717, 1.165) is 12.1 Å². The first-order valence-corrected chi connectivity index (χ1v) is 7.71. The topological polar surface area (TPSA) is 110 Å². The fourth-order valence-corrected chi connectivity index (χ4v) is 2.88. The van der Waals surface area contributed by atoms with Gasteiger partial charge in [0.15, 0.2) is 0 Å². The normalized spacial score (nSPS) is 13.0. The van der Waals surface area contributed by atoms with Crippen LogP contribution in [0.5, 0.6) is 0 Å². The molecule has 0 bridgehead atoms. The van der Waals surface area contributed by atoms with Crippen LogP contribution in [0.1, 0.15) is 31.1 Å². The molecular formula is C15H8IN3O5. The Bertz CT molecular complexity index is 912. The number of benzene rings is 2. The number of nitro benzene ring substituents is 1. The zero-order chi connectivity index (χ0) is 17.4. The van der Waals surface area contributed by atoms with Crippen LogP contribution in [0.4, 0.5) is 5.69 Å². The molecule has 120 valence electrons. The summed E-state index contributed by atoms with van der Waals surface area (Å²) in [7, 11) is 0. The van der Waals surface area contributed by atoms with Crippen LogP contribution in [-0.4, -0.2) is 27.7 Å². The second-order valence-corrected chi connectivity index (χ2v) is 6.02. The van der Waals surface area contributed by atoms with Gasteiger partial charge < -0.3 is 0 Å². The minimum absolute atomic E-state index is 0.00802. The maximum Gasteiger partial charge on any atom is 0.280 e. The van der Waals surface area contributed by atoms with E-state index in [9.17, 15) is 24.5 Å². The molecule has 0 radical (unpaired) electrons. The van der Waals surface area contributed by atoms with Gasteiger partial charge in [0.05, 0.1) is 21.6 Å². The summed E-state index contributed by atoms with van der Waals surface area (Å²) in [5.41, 5.74) is 2.15. The summed E-state index contributed by atoms with van der Waals surface area (Å²) in [6.07, 6.45) is 0. The van der Waals surface area contributed by atoms with E-state index in [0.29, 0.717) is 14.1 Å². The standard InChI is InChI=1S/C15H8IN3O5/c16-12-4-2-1-3-10(12)13(20)17-18-14(21)9-6-5-8(19(23)24)7-11(9)15(18)22/h1-7H,(H,17,20). The zero-order valence-electron chi connectivity index (χ0n) is 11.9. The predicted molar refractivity (Wildman–Crippen MR) is 90.2 cm³/mol. The average Bonchev–Trinajstić information content (AvgIpc) is 2.79. The SMILES string of the molecule is O=C(NN1C(=O)c2ccc([N+](=O)[O-])cc2C1=O)c1ccccc1I. The van der Waals surface area contributed by atoms with Crippen molar-refractivity contribution in [2.75, 3.05) is 0 Å². The van der Waals surface area contributed by atoms with Crippen molar-refractivity contribution in [2.45, 2.75) is 0 Å². The molecule has 1 aliphatic heterocycles. The molecule has 0 spiro atoms. The van der Waals surface area contributed by atoms with Gasteiger partial charge in [-0.05, 0) is 40.8 Å². The highest BCUT2D eigenvalue weighted by molar-refractivity contribution is 14.1. The molecule has 1 aliphatic rings. The maximum absolute atomic E-state index is 12.3. The lowest BCUT2D eigenvalue weighted by molar-refractivity contribution is -0.384. The van der Waals surface area contributed by atoms with Crippen molar-refractivity contribution in [3.8, 4) is 0 Å². The fraction of sp³-hybridized carbons (Fsp3) is 0. The Morgan fingerprint density at radius 3 is 2.42 bits per heavy atom. The first kappa shape index (κ1) is 16.1. The molecule has 0 saturated heterocycles. The maximum atomic E-state index is 12.3. The van der Waals surface area contributed by atoms with E-state index in [4.69, 9.17) is 0 Å². The quantitative estimate of drug-likeness (QED) is 0.343. The molecule has 2 aromatic carbocycles. The van der Waals surface area contributed by atoms with Crippen molar-refractivity contribution >= 4 is 46.0 Å². The van der Waals surface area contributed by atoms with Crippen molar-refractivity contribution in [2.24, 2.45) is 0 Å². The van der Waals surface area contributed by atoms with Gasteiger partial charge in [-0.2, -0.15) is 5.01 Å². The second kappa shape index (κ2) is 6.00. The summed E-state index contributed by atoms with van der Waals surface area (Å²) < 4.78 is 0.653.